The van der Waals surface area contributed by atoms with Gasteiger partial charge in [0.15, 0.2) is 5.78 Å². The molecule has 0 spiro atoms. The minimum absolute atomic E-state index is 0.106. The van der Waals surface area contributed by atoms with E-state index in [2.05, 4.69) is 15.9 Å². The Morgan fingerprint density at radius 2 is 1.81 bits per heavy atom. The van der Waals surface area contributed by atoms with Crippen LogP contribution in [0, 0.1) is 0 Å². The fourth-order valence-electron chi connectivity index (χ4n) is 1.99. The van der Waals surface area contributed by atoms with Gasteiger partial charge in [-0.25, -0.2) is 0 Å². The molecular formula is C17H17BrO3. The van der Waals surface area contributed by atoms with Crippen molar-refractivity contribution in [1.29, 1.82) is 0 Å². The van der Waals surface area contributed by atoms with Gasteiger partial charge >= 0.3 is 0 Å². The zero-order valence-corrected chi connectivity index (χ0v) is 13.6. The summed E-state index contributed by atoms with van der Waals surface area (Å²) in [6.07, 6.45) is 0.893. The number of benzene rings is 2. The molecule has 0 aliphatic heterocycles. The second-order valence-corrected chi connectivity index (χ2v) is 5.43. The molecule has 2 rings (SSSR count). The van der Waals surface area contributed by atoms with Crippen LogP contribution in [0.2, 0.25) is 0 Å². The summed E-state index contributed by atoms with van der Waals surface area (Å²) in [5.41, 5.74) is 1.07. The van der Waals surface area contributed by atoms with Gasteiger partial charge in [0.1, 0.15) is 11.5 Å². The molecule has 0 saturated heterocycles. The van der Waals surface area contributed by atoms with Crippen LogP contribution < -0.4 is 9.47 Å². The van der Waals surface area contributed by atoms with Crippen LogP contribution in [0.25, 0.3) is 0 Å². The Morgan fingerprint density at radius 1 is 1.10 bits per heavy atom. The number of para-hydroxylation sites is 1. The zero-order valence-electron chi connectivity index (χ0n) is 12.1. The number of carbonyl (C=O) groups is 1. The van der Waals surface area contributed by atoms with Gasteiger partial charge in [-0.2, -0.15) is 0 Å². The Hall–Kier alpha value is -1.81. The average molecular weight is 349 g/mol. The summed E-state index contributed by atoms with van der Waals surface area (Å²) in [5.74, 6) is 1.04. The van der Waals surface area contributed by atoms with E-state index in [1.54, 1.807) is 25.3 Å². The van der Waals surface area contributed by atoms with Crippen molar-refractivity contribution >= 4 is 21.7 Å². The van der Waals surface area contributed by atoms with E-state index in [1.165, 1.54) is 0 Å². The maximum absolute atomic E-state index is 12.7. The number of rotatable bonds is 6. The third-order valence-electron chi connectivity index (χ3n) is 3.00. The lowest BCUT2D eigenvalue weighted by molar-refractivity contribution is 0.103. The molecule has 0 N–H and O–H groups in total. The lowest BCUT2D eigenvalue weighted by Gasteiger charge is -2.12. The third kappa shape index (κ3) is 3.64. The van der Waals surface area contributed by atoms with E-state index in [0.29, 0.717) is 29.2 Å². The van der Waals surface area contributed by atoms with E-state index >= 15 is 0 Å². The SMILES string of the molecule is CCCOc1ccccc1C(=O)c1ccc(Br)cc1OC. The molecule has 0 aromatic heterocycles. The largest absolute Gasteiger partial charge is 0.496 e. The maximum Gasteiger partial charge on any atom is 0.200 e. The summed E-state index contributed by atoms with van der Waals surface area (Å²) in [4.78, 5) is 12.7. The molecule has 3 nitrogen and oxygen atoms in total. The molecule has 0 saturated carbocycles. The molecule has 110 valence electrons. The number of methoxy groups -OCH3 is 1. The number of ether oxygens (including phenoxy) is 2. The van der Waals surface area contributed by atoms with Crippen LogP contribution in [-0.4, -0.2) is 19.5 Å². The minimum Gasteiger partial charge on any atom is -0.496 e. The third-order valence-corrected chi connectivity index (χ3v) is 3.49. The molecule has 0 atom stereocenters. The Labute approximate surface area is 133 Å². The van der Waals surface area contributed by atoms with E-state index in [0.717, 1.165) is 10.9 Å². The molecule has 21 heavy (non-hydrogen) atoms. The van der Waals surface area contributed by atoms with Gasteiger partial charge in [0, 0.05) is 4.47 Å². The summed E-state index contributed by atoms with van der Waals surface area (Å²) < 4.78 is 11.8. The van der Waals surface area contributed by atoms with E-state index in [1.807, 2.05) is 31.2 Å². The first-order valence-corrected chi connectivity index (χ1v) is 7.56. The number of carbonyl (C=O) groups excluding carboxylic acids is 1. The van der Waals surface area contributed by atoms with Gasteiger partial charge in [0.05, 0.1) is 24.8 Å². The molecule has 0 aliphatic carbocycles. The summed E-state index contributed by atoms with van der Waals surface area (Å²) >= 11 is 3.38. The van der Waals surface area contributed by atoms with Crippen LogP contribution >= 0.6 is 15.9 Å². The number of hydrogen-bond acceptors (Lipinski definition) is 3. The molecule has 0 aliphatic rings. The molecule has 0 bridgehead atoms. The Balaban J connectivity index is 2.40. The highest BCUT2D eigenvalue weighted by atomic mass is 79.9. The van der Waals surface area contributed by atoms with Crippen molar-refractivity contribution in [2.24, 2.45) is 0 Å². The molecule has 0 unspecified atom stereocenters. The smallest absolute Gasteiger partial charge is 0.200 e. The topological polar surface area (TPSA) is 35.5 Å². The normalized spacial score (nSPS) is 10.2. The van der Waals surface area contributed by atoms with Gasteiger partial charge in [-0.3, -0.25) is 4.79 Å². The van der Waals surface area contributed by atoms with Gasteiger partial charge in [-0.15, -0.1) is 0 Å². The summed E-state index contributed by atoms with van der Waals surface area (Å²) in [7, 11) is 1.55. The van der Waals surface area contributed by atoms with E-state index in [9.17, 15) is 4.79 Å². The first-order valence-electron chi connectivity index (χ1n) is 6.77. The molecule has 0 amide bonds. The van der Waals surface area contributed by atoms with Gasteiger partial charge in [0.25, 0.3) is 0 Å². The molecule has 4 heteroatoms. The van der Waals surface area contributed by atoms with Crippen molar-refractivity contribution in [3.05, 3.63) is 58.1 Å². The second-order valence-electron chi connectivity index (χ2n) is 4.52. The van der Waals surface area contributed by atoms with E-state index in [4.69, 9.17) is 9.47 Å². The van der Waals surface area contributed by atoms with Crippen molar-refractivity contribution in [2.75, 3.05) is 13.7 Å². The van der Waals surface area contributed by atoms with Crippen molar-refractivity contribution in [3.8, 4) is 11.5 Å². The molecule has 2 aromatic rings. The Morgan fingerprint density at radius 3 is 2.52 bits per heavy atom. The van der Waals surface area contributed by atoms with Crippen molar-refractivity contribution in [1.82, 2.24) is 0 Å². The number of halogens is 1. The van der Waals surface area contributed by atoms with Gasteiger partial charge < -0.3 is 9.47 Å². The maximum atomic E-state index is 12.7. The van der Waals surface area contributed by atoms with Crippen LogP contribution in [0.5, 0.6) is 11.5 Å². The predicted octanol–water partition coefficient (Wildman–Crippen LogP) is 4.48. The quantitative estimate of drug-likeness (QED) is 0.722. The minimum atomic E-state index is -0.106. The number of ketones is 1. The highest BCUT2D eigenvalue weighted by Crippen LogP contribution is 2.29. The first-order chi connectivity index (χ1) is 10.2. The lowest BCUT2D eigenvalue weighted by Crippen LogP contribution is -2.07. The van der Waals surface area contributed by atoms with Crippen LogP contribution in [0.15, 0.2) is 46.9 Å². The monoisotopic (exact) mass is 348 g/mol. The second kappa shape index (κ2) is 7.27. The average Bonchev–Trinajstić information content (AvgIpc) is 2.52. The fourth-order valence-corrected chi connectivity index (χ4v) is 2.33. The zero-order chi connectivity index (χ0) is 15.2. The Bertz CT molecular complexity index is 638. The fraction of sp³-hybridized carbons (Fsp3) is 0.235. The highest BCUT2D eigenvalue weighted by Gasteiger charge is 2.18. The molecule has 2 aromatic carbocycles. The molecule has 0 fully saturated rings. The summed E-state index contributed by atoms with van der Waals surface area (Å²) in [6, 6.07) is 12.6. The number of hydrogen-bond donors (Lipinski definition) is 0. The summed E-state index contributed by atoms with van der Waals surface area (Å²) in [5, 5.41) is 0. The van der Waals surface area contributed by atoms with E-state index < -0.39 is 0 Å². The molecular weight excluding hydrogens is 332 g/mol. The highest BCUT2D eigenvalue weighted by molar-refractivity contribution is 9.10. The lowest BCUT2D eigenvalue weighted by atomic mass is 10.0. The van der Waals surface area contributed by atoms with Crippen molar-refractivity contribution in [2.45, 2.75) is 13.3 Å². The van der Waals surface area contributed by atoms with Gasteiger partial charge in [0.2, 0.25) is 0 Å². The standard InChI is InChI=1S/C17H17BrO3/c1-3-10-21-15-7-5-4-6-13(15)17(19)14-9-8-12(18)11-16(14)20-2/h4-9,11H,3,10H2,1-2H3. The Kier molecular flexibility index (Phi) is 5.39. The summed E-state index contributed by atoms with van der Waals surface area (Å²) in [6.45, 7) is 2.62. The van der Waals surface area contributed by atoms with Crippen LogP contribution in [0.3, 0.4) is 0 Å². The molecule has 0 heterocycles. The predicted molar refractivity (Wildman–Crippen MR) is 86.4 cm³/mol. The van der Waals surface area contributed by atoms with Crippen LogP contribution in [-0.2, 0) is 0 Å². The first kappa shape index (κ1) is 15.6. The van der Waals surface area contributed by atoms with Gasteiger partial charge in [-0.1, -0.05) is 35.0 Å². The van der Waals surface area contributed by atoms with E-state index in [-0.39, 0.29) is 5.78 Å². The van der Waals surface area contributed by atoms with Crippen LogP contribution in [0.4, 0.5) is 0 Å². The van der Waals surface area contributed by atoms with Crippen molar-refractivity contribution in [3.63, 3.8) is 0 Å². The van der Waals surface area contributed by atoms with Crippen LogP contribution in [0.1, 0.15) is 29.3 Å². The molecule has 0 radical (unpaired) electrons. The van der Waals surface area contributed by atoms with Crippen molar-refractivity contribution < 1.29 is 14.3 Å². The van der Waals surface area contributed by atoms with Gasteiger partial charge in [-0.05, 0) is 36.8 Å².